The van der Waals surface area contributed by atoms with Gasteiger partial charge in [0, 0.05) is 26.7 Å². The maximum atomic E-state index is 12.2. The van der Waals surface area contributed by atoms with E-state index in [0.29, 0.717) is 23.8 Å². The molecule has 6 nitrogen and oxygen atoms in total. The van der Waals surface area contributed by atoms with E-state index in [1.54, 1.807) is 38.4 Å². The van der Waals surface area contributed by atoms with Gasteiger partial charge < -0.3 is 20.7 Å². The number of nitrogens with zero attached hydrogens (tertiary/aromatic N) is 1. The van der Waals surface area contributed by atoms with Gasteiger partial charge in [0.1, 0.15) is 5.75 Å². The SMILES string of the molecule is CN(C)C(=O)COc1ccccc1C(=O)NCC(N)C1CC1. The minimum Gasteiger partial charge on any atom is -0.483 e. The molecule has 1 aromatic carbocycles. The molecule has 6 heteroatoms. The molecule has 2 amide bonds. The van der Waals surface area contributed by atoms with Crippen molar-refractivity contribution in [1.29, 1.82) is 0 Å². The summed E-state index contributed by atoms with van der Waals surface area (Å²) >= 11 is 0. The number of amides is 2. The average molecular weight is 305 g/mol. The van der Waals surface area contributed by atoms with Crippen molar-refractivity contribution in [3.63, 3.8) is 0 Å². The lowest BCUT2D eigenvalue weighted by molar-refractivity contribution is -0.130. The van der Waals surface area contributed by atoms with Crippen LogP contribution in [0.25, 0.3) is 0 Å². The summed E-state index contributed by atoms with van der Waals surface area (Å²) in [4.78, 5) is 25.3. The quantitative estimate of drug-likeness (QED) is 0.773. The maximum Gasteiger partial charge on any atom is 0.259 e. The third-order valence-electron chi connectivity index (χ3n) is 3.71. The van der Waals surface area contributed by atoms with Gasteiger partial charge in [-0.3, -0.25) is 9.59 Å². The van der Waals surface area contributed by atoms with Crippen LogP contribution in [0.5, 0.6) is 5.75 Å². The summed E-state index contributed by atoms with van der Waals surface area (Å²) in [7, 11) is 3.31. The van der Waals surface area contributed by atoms with E-state index in [9.17, 15) is 9.59 Å². The second-order valence-corrected chi connectivity index (χ2v) is 5.78. The smallest absolute Gasteiger partial charge is 0.259 e. The van der Waals surface area contributed by atoms with Crippen LogP contribution in [-0.2, 0) is 4.79 Å². The highest BCUT2D eigenvalue weighted by atomic mass is 16.5. The van der Waals surface area contributed by atoms with Crippen LogP contribution in [0.4, 0.5) is 0 Å². The summed E-state index contributed by atoms with van der Waals surface area (Å²) < 4.78 is 5.46. The predicted octanol–water partition coefficient (Wildman–Crippen LogP) is 0.621. The standard InChI is InChI=1S/C16H23N3O3/c1-19(2)15(20)10-22-14-6-4-3-5-12(14)16(21)18-9-13(17)11-7-8-11/h3-6,11,13H,7-10,17H2,1-2H3,(H,18,21). The summed E-state index contributed by atoms with van der Waals surface area (Å²) in [6, 6.07) is 6.89. The molecule has 0 radical (unpaired) electrons. The summed E-state index contributed by atoms with van der Waals surface area (Å²) in [6.07, 6.45) is 2.28. The van der Waals surface area contributed by atoms with E-state index in [1.807, 2.05) is 0 Å². The molecule has 1 fully saturated rings. The molecule has 0 bridgehead atoms. The Morgan fingerprint density at radius 1 is 1.36 bits per heavy atom. The van der Waals surface area contributed by atoms with Gasteiger partial charge >= 0.3 is 0 Å². The molecule has 0 heterocycles. The van der Waals surface area contributed by atoms with E-state index in [1.165, 1.54) is 4.90 Å². The zero-order chi connectivity index (χ0) is 16.1. The van der Waals surface area contributed by atoms with Gasteiger partial charge in [-0.15, -0.1) is 0 Å². The summed E-state index contributed by atoms with van der Waals surface area (Å²) in [5.41, 5.74) is 6.39. The van der Waals surface area contributed by atoms with E-state index >= 15 is 0 Å². The first-order valence-electron chi connectivity index (χ1n) is 7.44. The van der Waals surface area contributed by atoms with Gasteiger partial charge in [0.25, 0.3) is 11.8 Å². The number of carbonyl (C=O) groups is 2. The molecular weight excluding hydrogens is 282 g/mol. The Morgan fingerprint density at radius 2 is 2.05 bits per heavy atom. The fourth-order valence-corrected chi connectivity index (χ4v) is 2.05. The number of para-hydroxylation sites is 1. The van der Waals surface area contributed by atoms with Crippen LogP contribution in [0, 0.1) is 5.92 Å². The highest BCUT2D eigenvalue weighted by Crippen LogP contribution is 2.31. The van der Waals surface area contributed by atoms with Gasteiger partial charge in [0.15, 0.2) is 6.61 Å². The number of rotatable bonds is 7. The summed E-state index contributed by atoms with van der Waals surface area (Å²) in [5.74, 6) is 0.537. The molecule has 3 N–H and O–H groups in total. The van der Waals surface area contributed by atoms with Crippen molar-refractivity contribution in [3.8, 4) is 5.75 Å². The van der Waals surface area contributed by atoms with Gasteiger partial charge in [-0.1, -0.05) is 12.1 Å². The normalized spacial score (nSPS) is 15.0. The minimum atomic E-state index is -0.232. The second kappa shape index (κ2) is 7.26. The van der Waals surface area contributed by atoms with E-state index in [0.717, 1.165) is 12.8 Å². The Hall–Kier alpha value is -2.08. The largest absolute Gasteiger partial charge is 0.483 e. The van der Waals surface area contributed by atoms with Crippen molar-refractivity contribution in [1.82, 2.24) is 10.2 Å². The predicted molar refractivity (Wildman–Crippen MR) is 83.7 cm³/mol. The van der Waals surface area contributed by atoms with Crippen LogP contribution in [0.15, 0.2) is 24.3 Å². The van der Waals surface area contributed by atoms with Crippen LogP contribution in [0.2, 0.25) is 0 Å². The molecule has 0 aliphatic heterocycles. The van der Waals surface area contributed by atoms with Gasteiger partial charge in [-0.2, -0.15) is 0 Å². The number of nitrogens with one attached hydrogen (secondary N) is 1. The molecule has 2 rings (SSSR count). The van der Waals surface area contributed by atoms with Crippen molar-refractivity contribution in [2.75, 3.05) is 27.2 Å². The fraction of sp³-hybridized carbons (Fsp3) is 0.500. The summed E-state index contributed by atoms with van der Waals surface area (Å²) in [5, 5.41) is 2.83. The third kappa shape index (κ3) is 4.46. The third-order valence-corrected chi connectivity index (χ3v) is 3.71. The van der Waals surface area contributed by atoms with Gasteiger partial charge in [0.05, 0.1) is 5.56 Å². The molecule has 1 aliphatic carbocycles. The number of likely N-dealkylation sites (N-methyl/N-ethyl adjacent to an activating group) is 1. The Labute approximate surface area is 130 Å². The molecule has 0 saturated heterocycles. The number of hydrogen-bond donors (Lipinski definition) is 2. The second-order valence-electron chi connectivity index (χ2n) is 5.78. The monoisotopic (exact) mass is 305 g/mol. The van der Waals surface area contributed by atoms with Gasteiger partial charge in [-0.25, -0.2) is 0 Å². The highest BCUT2D eigenvalue weighted by Gasteiger charge is 2.28. The first kappa shape index (κ1) is 16.3. The van der Waals surface area contributed by atoms with Crippen molar-refractivity contribution in [2.24, 2.45) is 11.7 Å². The molecule has 1 saturated carbocycles. The Balaban J connectivity index is 1.94. The molecule has 1 aromatic rings. The number of nitrogens with two attached hydrogens (primary N) is 1. The molecule has 1 atom stereocenters. The van der Waals surface area contributed by atoms with Gasteiger partial charge in [0.2, 0.25) is 0 Å². The van der Waals surface area contributed by atoms with Crippen LogP contribution in [0.1, 0.15) is 23.2 Å². The summed E-state index contributed by atoms with van der Waals surface area (Å²) in [6.45, 7) is 0.355. The van der Waals surface area contributed by atoms with Crippen LogP contribution in [0.3, 0.4) is 0 Å². The van der Waals surface area contributed by atoms with E-state index in [-0.39, 0.29) is 24.5 Å². The Kier molecular flexibility index (Phi) is 5.38. The molecule has 0 spiro atoms. The van der Waals surface area contributed by atoms with Crippen molar-refractivity contribution in [3.05, 3.63) is 29.8 Å². The zero-order valence-corrected chi connectivity index (χ0v) is 13.0. The number of benzene rings is 1. The number of hydrogen-bond acceptors (Lipinski definition) is 4. The molecule has 1 aliphatic rings. The van der Waals surface area contributed by atoms with Crippen LogP contribution < -0.4 is 15.8 Å². The zero-order valence-electron chi connectivity index (χ0n) is 13.0. The van der Waals surface area contributed by atoms with Crippen LogP contribution >= 0.6 is 0 Å². The van der Waals surface area contributed by atoms with Crippen molar-refractivity contribution >= 4 is 11.8 Å². The molecule has 22 heavy (non-hydrogen) atoms. The maximum absolute atomic E-state index is 12.2. The van der Waals surface area contributed by atoms with E-state index in [2.05, 4.69) is 5.32 Å². The number of ether oxygens (including phenoxy) is 1. The Morgan fingerprint density at radius 3 is 2.68 bits per heavy atom. The fourth-order valence-electron chi connectivity index (χ4n) is 2.05. The van der Waals surface area contributed by atoms with Crippen molar-refractivity contribution < 1.29 is 14.3 Å². The topological polar surface area (TPSA) is 84.7 Å². The lowest BCUT2D eigenvalue weighted by Crippen LogP contribution is -2.38. The number of carbonyl (C=O) groups excluding carboxylic acids is 2. The van der Waals surface area contributed by atoms with Gasteiger partial charge in [-0.05, 0) is 30.9 Å². The molecular formula is C16H23N3O3. The van der Waals surface area contributed by atoms with E-state index < -0.39 is 0 Å². The molecule has 120 valence electrons. The first-order valence-corrected chi connectivity index (χ1v) is 7.44. The first-order chi connectivity index (χ1) is 10.5. The molecule has 0 aromatic heterocycles. The lowest BCUT2D eigenvalue weighted by atomic mass is 10.1. The van der Waals surface area contributed by atoms with Crippen LogP contribution in [-0.4, -0.2) is 50.0 Å². The van der Waals surface area contributed by atoms with E-state index in [4.69, 9.17) is 10.5 Å². The lowest BCUT2D eigenvalue weighted by Gasteiger charge is -2.15. The van der Waals surface area contributed by atoms with Crippen molar-refractivity contribution in [2.45, 2.75) is 18.9 Å². The molecule has 1 unspecified atom stereocenters. The average Bonchev–Trinajstić information content (AvgIpc) is 3.34. The Bertz CT molecular complexity index is 541. The highest BCUT2D eigenvalue weighted by molar-refractivity contribution is 5.97. The minimum absolute atomic E-state index is 0.00680.